The van der Waals surface area contributed by atoms with Gasteiger partial charge in [-0.3, -0.25) is 14.7 Å². The van der Waals surface area contributed by atoms with Crippen molar-refractivity contribution in [3.63, 3.8) is 0 Å². The van der Waals surface area contributed by atoms with Crippen LogP contribution in [0.5, 0.6) is 0 Å². The zero-order chi connectivity index (χ0) is 16.9. The molecule has 128 valence electrons. The van der Waals surface area contributed by atoms with Crippen LogP contribution in [0.1, 0.15) is 40.2 Å². The lowest BCUT2D eigenvalue weighted by atomic mass is 9.97. The van der Waals surface area contributed by atoms with Crippen LogP contribution in [0.25, 0.3) is 0 Å². The maximum Gasteiger partial charge on any atom is 0.253 e. The van der Waals surface area contributed by atoms with E-state index in [1.165, 1.54) is 0 Å². The molecule has 0 bridgehead atoms. The number of hydrogen-bond acceptors (Lipinski definition) is 4. The van der Waals surface area contributed by atoms with Gasteiger partial charge in [0.25, 0.3) is 5.91 Å². The third kappa shape index (κ3) is 4.00. The number of rotatable bonds is 5. The van der Waals surface area contributed by atoms with Gasteiger partial charge in [-0.2, -0.15) is 0 Å². The molecule has 1 amide bonds. The Morgan fingerprint density at radius 1 is 1.46 bits per heavy atom. The molecular weight excluding hydrogens is 302 g/mol. The number of piperidine rings is 1. The summed E-state index contributed by atoms with van der Waals surface area (Å²) in [7, 11) is 0. The Kier molecular flexibility index (Phi) is 5.25. The van der Waals surface area contributed by atoms with Crippen LogP contribution in [0.4, 0.5) is 0 Å². The summed E-state index contributed by atoms with van der Waals surface area (Å²) in [5.41, 5.74) is 3.88. The van der Waals surface area contributed by atoms with E-state index in [-0.39, 0.29) is 5.91 Å². The van der Waals surface area contributed by atoms with Gasteiger partial charge >= 0.3 is 0 Å². The molecule has 0 saturated carbocycles. The second kappa shape index (κ2) is 7.57. The first-order chi connectivity index (χ1) is 11.6. The van der Waals surface area contributed by atoms with E-state index in [2.05, 4.69) is 32.1 Å². The SMILES string of the molecule is Cc1ccncc1C(=O)NC[C@H]1CCCN(Cc2nc[nH]c2C)C1. The Morgan fingerprint density at radius 2 is 2.33 bits per heavy atom. The number of carbonyl (C=O) groups excluding carboxylic acids is 1. The number of H-pyrrole nitrogens is 1. The largest absolute Gasteiger partial charge is 0.352 e. The van der Waals surface area contributed by atoms with Crippen molar-refractivity contribution in [3.05, 3.63) is 47.3 Å². The van der Waals surface area contributed by atoms with E-state index in [0.717, 1.165) is 49.4 Å². The monoisotopic (exact) mass is 327 g/mol. The molecule has 2 aromatic heterocycles. The second-order valence-corrected chi connectivity index (χ2v) is 6.62. The quantitative estimate of drug-likeness (QED) is 0.881. The molecule has 6 nitrogen and oxygen atoms in total. The third-order valence-electron chi connectivity index (χ3n) is 4.75. The van der Waals surface area contributed by atoms with Crippen LogP contribution >= 0.6 is 0 Å². The lowest BCUT2D eigenvalue weighted by molar-refractivity contribution is 0.0929. The van der Waals surface area contributed by atoms with E-state index < -0.39 is 0 Å². The number of aromatic amines is 1. The van der Waals surface area contributed by atoms with E-state index in [1.54, 1.807) is 18.7 Å². The predicted molar refractivity (Wildman–Crippen MR) is 92.6 cm³/mol. The summed E-state index contributed by atoms with van der Waals surface area (Å²) < 4.78 is 0. The van der Waals surface area contributed by atoms with Gasteiger partial charge < -0.3 is 10.3 Å². The summed E-state index contributed by atoms with van der Waals surface area (Å²) in [5, 5.41) is 3.07. The van der Waals surface area contributed by atoms with Gasteiger partial charge in [0, 0.05) is 37.7 Å². The molecule has 2 N–H and O–H groups in total. The maximum atomic E-state index is 12.3. The van der Waals surface area contributed by atoms with Crippen LogP contribution in [0, 0.1) is 19.8 Å². The van der Waals surface area contributed by atoms with Crippen molar-refractivity contribution in [2.75, 3.05) is 19.6 Å². The Labute approximate surface area is 142 Å². The van der Waals surface area contributed by atoms with Gasteiger partial charge in [0.2, 0.25) is 0 Å². The first-order valence-corrected chi connectivity index (χ1v) is 8.53. The number of imidazole rings is 1. The minimum atomic E-state index is -0.0270. The molecular formula is C18H25N5O. The summed E-state index contributed by atoms with van der Waals surface area (Å²) in [6, 6.07) is 1.86. The number of likely N-dealkylation sites (tertiary alicyclic amines) is 1. The number of carbonyl (C=O) groups is 1. The van der Waals surface area contributed by atoms with Crippen LogP contribution in [-0.2, 0) is 6.54 Å². The minimum absolute atomic E-state index is 0.0270. The van der Waals surface area contributed by atoms with Crippen molar-refractivity contribution >= 4 is 5.91 Å². The van der Waals surface area contributed by atoms with Crippen LogP contribution in [0.3, 0.4) is 0 Å². The van der Waals surface area contributed by atoms with Crippen LogP contribution in [-0.4, -0.2) is 45.4 Å². The van der Waals surface area contributed by atoms with Gasteiger partial charge in [0.05, 0.1) is 17.6 Å². The van der Waals surface area contributed by atoms with E-state index in [0.29, 0.717) is 18.0 Å². The van der Waals surface area contributed by atoms with Crippen LogP contribution < -0.4 is 5.32 Å². The lowest BCUT2D eigenvalue weighted by Gasteiger charge is -2.32. The third-order valence-corrected chi connectivity index (χ3v) is 4.75. The van der Waals surface area contributed by atoms with E-state index >= 15 is 0 Å². The van der Waals surface area contributed by atoms with Crippen molar-refractivity contribution in [1.82, 2.24) is 25.2 Å². The number of hydrogen-bond donors (Lipinski definition) is 2. The zero-order valence-corrected chi connectivity index (χ0v) is 14.4. The minimum Gasteiger partial charge on any atom is -0.352 e. The van der Waals surface area contributed by atoms with E-state index in [9.17, 15) is 4.79 Å². The summed E-state index contributed by atoms with van der Waals surface area (Å²) in [4.78, 5) is 26.3. The molecule has 1 aliphatic heterocycles. The first-order valence-electron chi connectivity index (χ1n) is 8.53. The molecule has 3 heterocycles. The fourth-order valence-corrected chi connectivity index (χ4v) is 3.25. The van der Waals surface area contributed by atoms with Crippen molar-refractivity contribution in [2.45, 2.75) is 33.2 Å². The summed E-state index contributed by atoms with van der Waals surface area (Å²) in [5.74, 6) is 0.458. The highest BCUT2D eigenvalue weighted by Crippen LogP contribution is 2.18. The molecule has 6 heteroatoms. The number of pyridine rings is 1. The molecule has 24 heavy (non-hydrogen) atoms. The van der Waals surface area contributed by atoms with E-state index in [4.69, 9.17) is 0 Å². The summed E-state index contributed by atoms with van der Waals surface area (Å²) in [6.07, 6.45) is 7.42. The molecule has 2 aromatic rings. The lowest BCUT2D eigenvalue weighted by Crippen LogP contribution is -2.40. The molecule has 0 spiro atoms. The van der Waals surface area contributed by atoms with Gasteiger partial charge in [-0.25, -0.2) is 4.98 Å². The Hall–Kier alpha value is -2.21. The van der Waals surface area contributed by atoms with Crippen molar-refractivity contribution in [2.24, 2.45) is 5.92 Å². The highest BCUT2D eigenvalue weighted by atomic mass is 16.1. The van der Waals surface area contributed by atoms with Crippen LogP contribution in [0.2, 0.25) is 0 Å². The highest BCUT2D eigenvalue weighted by Gasteiger charge is 2.22. The maximum absolute atomic E-state index is 12.3. The number of amides is 1. The normalized spacial score (nSPS) is 18.5. The smallest absolute Gasteiger partial charge is 0.253 e. The Balaban J connectivity index is 1.51. The van der Waals surface area contributed by atoms with Crippen LogP contribution in [0.15, 0.2) is 24.8 Å². The molecule has 0 aromatic carbocycles. The zero-order valence-electron chi connectivity index (χ0n) is 14.4. The standard InChI is InChI=1S/C18H25N5O/c1-13-5-6-19-9-16(13)18(24)20-8-15-4-3-7-23(10-15)11-17-14(2)21-12-22-17/h5-6,9,12,15H,3-4,7-8,10-11H2,1-2H3,(H,20,24)(H,21,22)/t15-/m1/s1. The van der Waals surface area contributed by atoms with Gasteiger partial charge in [-0.15, -0.1) is 0 Å². The summed E-state index contributed by atoms with van der Waals surface area (Å²) in [6.45, 7) is 7.67. The van der Waals surface area contributed by atoms with Crippen molar-refractivity contribution in [3.8, 4) is 0 Å². The topological polar surface area (TPSA) is 73.9 Å². The number of nitrogens with zero attached hydrogens (tertiary/aromatic N) is 3. The number of aromatic nitrogens is 3. The predicted octanol–water partition coefficient (Wildman–Crippen LogP) is 2.06. The fourth-order valence-electron chi connectivity index (χ4n) is 3.25. The molecule has 0 radical (unpaired) electrons. The molecule has 0 aliphatic carbocycles. The number of aryl methyl sites for hydroxylation is 2. The average Bonchev–Trinajstić information content (AvgIpc) is 2.98. The van der Waals surface area contributed by atoms with Gasteiger partial charge in [0.15, 0.2) is 0 Å². The Morgan fingerprint density at radius 3 is 3.08 bits per heavy atom. The first kappa shape index (κ1) is 16.6. The Bertz CT molecular complexity index is 696. The molecule has 1 atom stereocenters. The average molecular weight is 327 g/mol. The van der Waals surface area contributed by atoms with Crippen molar-refractivity contribution in [1.29, 1.82) is 0 Å². The summed E-state index contributed by atoms with van der Waals surface area (Å²) >= 11 is 0. The van der Waals surface area contributed by atoms with Gasteiger partial charge in [-0.1, -0.05) is 0 Å². The molecule has 3 rings (SSSR count). The van der Waals surface area contributed by atoms with Gasteiger partial charge in [0.1, 0.15) is 0 Å². The number of nitrogens with one attached hydrogen (secondary N) is 2. The molecule has 0 unspecified atom stereocenters. The molecule has 1 fully saturated rings. The molecule has 1 aliphatic rings. The van der Waals surface area contributed by atoms with Crippen molar-refractivity contribution < 1.29 is 4.79 Å². The highest BCUT2D eigenvalue weighted by molar-refractivity contribution is 5.95. The second-order valence-electron chi connectivity index (χ2n) is 6.62. The fraction of sp³-hybridized carbons (Fsp3) is 0.500. The van der Waals surface area contributed by atoms with E-state index in [1.807, 2.05) is 13.0 Å². The molecule has 1 saturated heterocycles. The van der Waals surface area contributed by atoms with Gasteiger partial charge in [-0.05, 0) is 50.8 Å².